The van der Waals surface area contributed by atoms with Crippen molar-refractivity contribution in [3.8, 4) is 0 Å². The van der Waals surface area contributed by atoms with E-state index in [-0.39, 0.29) is 27.4 Å². The van der Waals surface area contributed by atoms with Crippen LogP contribution in [0.3, 0.4) is 0 Å². The molecule has 4 bridgehead atoms. The summed E-state index contributed by atoms with van der Waals surface area (Å²) in [5.41, 5.74) is 27.3. The average molecular weight is 742 g/mol. The van der Waals surface area contributed by atoms with Crippen LogP contribution < -0.4 is 22.5 Å². The minimum absolute atomic E-state index is 0.0213. The molecule has 0 aliphatic heterocycles. The summed E-state index contributed by atoms with van der Waals surface area (Å²) in [6.07, 6.45) is 20.6. The van der Waals surface area contributed by atoms with Crippen molar-refractivity contribution in [1.82, 2.24) is 19.9 Å². The number of hydrogen-bond donors (Lipinski definition) is 4. The molecule has 0 saturated heterocycles. The SMILES string of the molecule is Clc1ncc(Cl)c(C2=CCc3ccccc32)n1.NC12CCCC(N)(C1)C2.NC12CCCC(Nc3ncc(Cl)c(C4=CCc5ccccc54)n3)(C1)C2. The molecule has 0 radical (unpaired) electrons. The van der Waals surface area contributed by atoms with Gasteiger partial charge in [-0.2, -0.15) is 0 Å². The van der Waals surface area contributed by atoms with Crippen molar-refractivity contribution < 1.29 is 0 Å². The van der Waals surface area contributed by atoms with E-state index < -0.39 is 0 Å². The summed E-state index contributed by atoms with van der Waals surface area (Å²) in [6, 6.07) is 16.6. The van der Waals surface area contributed by atoms with E-state index in [9.17, 15) is 0 Å². The second-order valence-electron chi connectivity index (χ2n) is 15.6. The Kier molecular flexibility index (Phi) is 9.01. The molecular weight excluding hydrogens is 699 g/mol. The molecule has 0 atom stereocenters. The Balaban J connectivity index is 0.000000123. The lowest BCUT2D eigenvalue weighted by atomic mass is 9.55. The third-order valence-corrected chi connectivity index (χ3v) is 12.2. The van der Waals surface area contributed by atoms with Gasteiger partial charge in [0.15, 0.2) is 0 Å². The van der Waals surface area contributed by atoms with Gasteiger partial charge in [-0.3, -0.25) is 0 Å². The molecule has 8 aliphatic rings. The summed E-state index contributed by atoms with van der Waals surface area (Å²) in [6.45, 7) is 0. The van der Waals surface area contributed by atoms with Gasteiger partial charge >= 0.3 is 0 Å². The van der Waals surface area contributed by atoms with E-state index in [1.165, 1.54) is 54.1 Å². The minimum Gasteiger partial charge on any atom is -0.349 e. The molecule has 2 aromatic heterocycles. The Labute approximate surface area is 314 Å². The van der Waals surface area contributed by atoms with Crippen LogP contribution >= 0.6 is 34.8 Å². The number of nitrogens with one attached hydrogen (secondary N) is 1. The number of allylic oxidation sites excluding steroid dienone is 2. The molecule has 11 heteroatoms. The van der Waals surface area contributed by atoms with E-state index in [2.05, 4.69) is 68.8 Å². The van der Waals surface area contributed by atoms with E-state index in [0.29, 0.717) is 21.7 Å². The molecule has 12 rings (SSSR count). The molecule has 0 spiro atoms. The summed E-state index contributed by atoms with van der Waals surface area (Å²) < 4.78 is 0. The van der Waals surface area contributed by atoms with Crippen LogP contribution in [-0.2, 0) is 12.8 Å². The highest BCUT2D eigenvalue weighted by Gasteiger charge is 2.55. The second-order valence-corrected chi connectivity index (χ2v) is 16.7. The fourth-order valence-electron chi connectivity index (χ4n) is 9.48. The van der Waals surface area contributed by atoms with Gasteiger partial charge in [-0.15, -0.1) is 0 Å². The number of fused-ring (bicyclic) bond motifs is 6. The first-order valence-electron chi connectivity index (χ1n) is 17.9. The van der Waals surface area contributed by atoms with Crippen molar-refractivity contribution in [3.63, 3.8) is 0 Å². The molecule has 6 fully saturated rings. The van der Waals surface area contributed by atoms with Crippen molar-refractivity contribution in [3.05, 3.63) is 122 Å². The van der Waals surface area contributed by atoms with Gasteiger partial charge in [-0.05, 0) is 111 Å². The van der Waals surface area contributed by atoms with Gasteiger partial charge in [-0.1, -0.05) is 83.9 Å². The molecule has 0 unspecified atom stereocenters. The predicted octanol–water partition coefficient (Wildman–Crippen LogP) is 8.07. The highest BCUT2D eigenvalue weighted by Crippen LogP contribution is 2.52. The van der Waals surface area contributed by atoms with Crippen molar-refractivity contribution >= 4 is 51.9 Å². The first-order valence-corrected chi connectivity index (χ1v) is 19.0. The molecule has 2 aromatic carbocycles. The number of halogens is 3. The molecule has 7 N–H and O–H groups in total. The van der Waals surface area contributed by atoms with Gasteiger partial charge < -0.3 is 22.5 Å². The van der Waals surface area contributed by atoms with Crippen LogP contribution in [0, 0.1) is 0 Å². The number of anilines is 1. The number of nitrogens with zero attached hydrogens (tertiary/aromatic N) is 4. The van der Waals surface area contributed by atoms with Crippen molar-refractivity contribution in [2.45, 2.75) is 99.2 Å². The lowest BCUT2D eigenvalue weighted by molar-refractivity contribution is 0.0466. The predicted molar refractivity (Wildman–Crippen MR) is 207 cm³/mol. The zero-order valence-corrected chi connectivity index (χ0v) is 30.8. The van der Waals surface area contributed by atoms with Gasteiger partial charge in [0.05, 0.1) is 33.8 Å². The van der Waals surface area contributed by atoms with Crippen LogP contribution in [0.25, 0.3) is 11.1 Å². The van der Waals surface area contributed by atoms with Gasteiger partial charge in [0.1, 0.15) is 0 Å². The normalized spacial score (nSPS) is 29.0. The number of aromatic nitrogens is 4. The highest BCUT2D eigenvalue weighted by molar-refractivity contribution is 6.33. The molecule has 8 aliphatic carbocycles. The van der Waals surface area contributed by atoms with Crippen LogP contribution in [0.2, 0.25) is 15.3 Å². The summed E-state index contributed by atoms with van der Waals surface area (Å²) in [4.78, 5) is 17.3. The first kappa shape index (κ1) is 34.7. The van der Waals surface area contributed by atoms with Crippen molar-refractivity contribution in [2.24, 2.45) is 17.2 Å². The van der Waals surface area contributed by atoms with Crippen LogP contribution in [0.1, 0.15) is 97.8 Å². The van der Waals surface area contributed by atoms with Crippen LogP contribution in [-0.4, -0.2) is 42.1 Å². The number of nitrogens with two attached hydrogens (primary N) is 3. The maximum Gasteiger partial charge on any atom is 0.223 e. The topological polar surface area (TPSA) is 142 Å². The fraction of sp³-hybridized carbons (Fsp3) is 0.400. The molecule has 51 heavy (non-hydrogen) atoms. The van der Waals surface area contributed by atoms with Crippen LogP contribution in [0.4, 0.5) is 5.95 Å². The van der Waals surface area contributed by atoms with Gasteiger partial charge in [0.2, 0.25) is 11.2 Å². The van der Waals surface area contributed by atoms with Gasteiger partial charge in [0.25, 0.3) is 0 Å². The fourth-order valence-corrected chi connectivity index (χ4v) is 10.00. The summed E-state index contributed by atoms with van der Waals surface area (Å²) in [7, 11) is 0. The van der Waals surface area contributed by atoms with Crippen LogP contribution in [0.15, 0.2) is 73.1 Å². The van der Waals surface area contributed by atoms with E-state index >= 15 is 0 Å². The smallest absolute Gasteiger partial charge is 0.223 e. The Morgan fingerprint density at radius 1 is 0.588 bits per heavy atom. The molecule has 4 aromatic rings. The third-order valence-electron chi connectivity index (χ3n) is 11.5. The average Bonchev–Trinajstić information content (AvgIpc) is 3.71. The first-order chi connectivity index (χ1) is 24.4. The maximum atomic E-state index is 6.44. The molecule has 2 heterocycles. The molecular formula is C40H43Cl3N8. The maximum absolute atomic E-state index is 6.44. The zero-order chi connectivity index (χ0) is 35.4. The zero-order valence-electron chi connectivity index (χ0n) is 28.6. The standard InChI is InChI=1S/C20H21ClN4.C13H8Cl2N2.C7H14N2/c21-16-10-23-18(25-20-9-3-8-19(22,11-20)12-20)24-17(16)15-7-6-13-4-1-2-5-14(13)15;14-11-7-16-13(15)17-12(11)10-6-5-8-3-1-2-4-9(8)10;8-6-2-1-3-7(9,4-6)5-6/h1-2,4-5,7,10H,3,6,8-9,11-12,22H2,(H,23,24,25);1-4,6-7H,5H2;1-5,8-9H2. The monoisotopic (exact) mass is 740 g/mol. The summed E-state index contributed by atoms with van der Waals surface area (Å²) in [5.74, 6) is 0.661. The van der Waals surface area contributed by atoms with Gasteiger partial charge in [-0.25, -0.2) is 19.9 Å². The number of hydrogen-bond acceptors (Lipinski definition) is 8. The Bertz CT molecular complexity index is 2030. The largest absolute Gasteiger partial charge is 0.349 e. The lowest BCUT2D eigenvalue weighted by Crippen LogP contribution is -2.69. The summed E-state index contributed by atoms with van der Waals surface area (Å²) >= 11 is 18.4. The summed E-state index contributed by atoms with van der Waals surface area (Å²) in [5, 5.41) is 4.91. The van der Waals surface area contributed by atoms with E-state index in [0.717, 1.165) is 68.2 Å². The number of rotatable bonds is 4. The Morgan fingerprint density at radius 3 is 1.61 bits per heavy atom. The molecule has 264 valence electrons. The minimum atomic E-state index is 0.0213. The third kappa shape index (κ3) is 6.95. The van der Waals surface area contributed by atoms with Crippen molar-refractivity contribution in [1.29, 1.82) is 0 Å². The molecule has 0 amide bonds. The van der Waals surface area contributed by atoms with E-state index in [1.807, 2.05) is 12.1 Å². The Morgan fingerprint density at radius 2 is 1.08 bits per heavy atom. The number of benzene rings is 2. The van der Waals surface area contributed by atoms with Gasteiger partial charge in [0, 0.05) is 33.3 Å². The molecule has 8 nitrogen and oxygen atoms in total. The molecule has 6 saturated carbocycles. The quantitative estimate of drug-likeness (QED) is 0.154. The van der Waals surface area contributed by atoms with E-state index in [1.54, 1.807) is 6.20 Å². The van der Waals surface area contributed by atoms with Crippen molar-refractivity contribution in [2.75, 3.05) is 5.32 Å². The lowest BCUT2D eigenvalue weighted by Gasteiger charge is -2.59. The van der Waals surface area contributed by atoms with Crippen LogP contribution in [0.5, 0.6) is 0 Å². The second kappa shape index (κ2) is 13.2. The van der Waals surface area contributed by atoms with E-state index in [4.69, 9.17) is 57.0 Å². The Hall–Kier alpha value is -3.37. The highest BCUT2D eigenvalue weighted by atomic mass is 35.5.